The first-order valence-corrected chi connectivity index (χ1v) is 9.98. The molecule has 1 aliphatic rings. The van der Waals surface area contributed by atoms with Crippen molar-refractivity contribution < 1.29 is 0 Å². The monoisotopic (exact) mass is 320 g/mol. The van der Waals surface area contributed by atoms with E-state index >= 15 is 0 Å². The Labute approximate surface area is 141 Å². The fourth-order valence-electron chi connectivity index (χ4n) is 3.50. The van der Waals surface area contributed by atoms with Gasteiger partial charge in [0, 0.05) is 5.92 Å². The molecule has 0 fully saturated rings. The summed E-state index contributed by atoms with van der Waals surface area (Å²) in [6, 6.07) is 22.1. The lowest BCUT2D eigenvalue weighted by Crippen LogP contribution is -2.19. The topological polar surface area (TPSA) is 0 Å². The zero-order chi connectivity index (χ0) is 16.1. The number of benzene rings is 2. The van der Waals surface area contributed by atoms with Crippen LogP contribution in [0, 0.1) is 11.8 Å². The molecular weight excluding hydrogens is 295 g/mol. The van der Waals surface area contributed by atoms with E-state index in [-0.39, 0.29) is 0 Å². The minimum Gasteiger partial charge on any atom is -0.0767 e. The Morgan fingerprint density at radius 1 is 0.826 bits per heavy atom. The molecule has 23 heavy (non-hydrogen) atoms. The molecule has 3 rings (SSSR count). The van der Waals surface area contributed by atoms with Gasteiger partial charge in [0.25, 0.3) is 0 Å². The molecule has 2 aromatic rings. The summed E-state index contributed by atoms with van der Waals surface area (Å²) in [5.41, 5.74) is 0. The van der Waals surface area contributed by atoms with E-state index < -0.39 is 7.92 Å². The minimum atomic E-state index is -0.437. The number of hydrogen-bond acceptors (Lipinski definition) is 0. The Balaban J connectivity index is 2.03. The Morgan fingerprint density at radius 3 is 1.83 bits per heavy atom. The van der Waals surface area contributed by atoms with Crippen LogP contribution in [0.25, 0.3) is 0 Å². The maximum Gasteiger partial charge on any atom is 0.00599 e. The molecule has 0 amide bonds. The van der Waals surface area contributed by atoms with Crippen molar-refractivity contribution in [3.63, 3.8) is 0 Å². The Bertz CT molecular complexity index is 626. The van der Waals surface area contributed by atoms with E-state index in [1.165, 1.54) is 23.5 Å². The Kier molecular flexibility index (Phi) is 5.47. The molecule has 0 aromatic heterocycles. The van der Waals surface area contributed by atoms with Crippen molar-refractivity contribution in [1.82, 2.24) is 0 Å². The summed E-state index contributed by atoms with van der Waals surface area (Å²) in [6.07, 6.45) is 9.58. The van der Waals surface area contributed by atoms with Crippen LogP contribution >= 0.6 is 7.92 Å². The Morgan fingerprint density at radius 2 is 1.35 bits per heavy atom. The first kappa shape index (κ1) is 16.2. The van der Waals surface area contributed by atoms with E-state index in [1.54, 1.807) is 5.31 Å². The van der Waals surface area contributed by atoms with Gasteiger partial charge >= 0.3 is 0 Å². The fraction of sp³-hybridized carbons (Fsp3) is 0.273. The maximum atomic E-state index is 2.42. The summed E-state index contributed by atoms with van der Waals surface area (Å²) in [7, 11) is -0.437. The summed E-state index contributed by atoms with van der Waals surface area (Å²) in [6.45, 7) is 4.65. The normalized spacial score (nSPS) is 17.0. The van der Waals surface area contributed by atoms with Crippen LogP contribution < -0.4 is 10.6 Å². The van der Waals surface area contributed by atoms with Crippen molar-refractivity contribution in [2.24, 2.45) is 11.8 Å². The average molecular weight is 320 g/mol. The third kappa shape index (κ3) is 3.48. The molecule has 0 saturated carbocycles. The van der Waals surface area contributed by atoms with Gasteiger partial charge in [0.2, 0.25) is 0 Å². The highest BCUT2D eigenvalue weighted by molar-refractivity contribution is 7.76. The number of rotatable bonds is 6. The smallest absolute Gasteiger partial charge is 0.00599 e. The molecule has 0 spiro atoms. The molecule has 0 heterocycles. The van der Waals surface area contributed by atoms with Gasteiger partial charge < -0.3 is 0 Å². The van der Waals surface area contributed by atoms with Crippen molar-refractivity contribution in [3.8, 4) is 0 Å². The van der Waals surface area contributed by atoms with Crippen molar-refractivity contribution in [3.05, 3.63) is 84.2 Å². The Hall–Kier alpha value is -1.65. The van der Waals surface area contributed by atoms with Crippen LogP contribution in [0.3, 0.4) is 0 Å². The summed E-state index contributed by atoms with van der Waals surface area (Å²) in [5, 5.41) is 4.53. The minimum absolute atomic E-state index is 0.437. The van der Waals surface area contributed by atoms with Crippen molar-refractivity contribution in [1.29, 1.82) is 0 Å². The summed E-state index contributed by atoms with van der Waals surface area (Å²) in [4.78, 5) is 0. The molecule has 118 valence electrons. The molecule has 1 atom stereocenters. The van der Waals surface area contributed by atoms with E-state index in [1.807, 2.05) is 0 Å². The van der Waals surface area contributed by atoms with Crippen LogP contribution in [0.5, 0.6) is 0 Å². The van der Waals surface area contributed by atoms with Crippen molar-refractivity contribution in [2.75, 3.05) is 0 Å². The zero-order valence-electron chi connectivity index (χ0n) is 14.0. The highest BCUT2D eigenvalue weighted by Gasteiger charge is 2.29. The quantitative estimate of drug-likeness (QED) is 0.606. The number of hydrogen-bond donors (Lipinski definition) is 0. The van der Waals surface area contributed by atoms with E-state index in [4.69, 9.17) is 0 Å². The van der Waals surface area contributed by atoms with E-state index in [2.05, 4.69) is 92.7 Å². The summed E-state index contributed by atoms with van der Waals surface area (Å²) >= 11 is 0. The average Bonchev–Trinajstić information content (AvgIpc) is 3.07. The van der Waals surface area contributed by atoms with Crippen LogP contribution in [-0.2, 0) is 0 Å². The standard InChI is InChI=1S/C22H25P/c1-3-18(4-2)21-16-11-17-22(21)23(19-12-7-5-8-13-19)20-14-9-6-10-15-20/h5-18,21H,3-4H2,1-2H3. The largest absolute Gasteiger partial charge is 0.0767 e. The molecule has 0 aliphatic heterocycles. The predicted octanol–water partition coefficient (Wildman–Crippen LogP) is 5.63. The van der Waals surface area contributed by atoms with Gasteiger partial charge in [-0.1, -0.05) is 106 Å². The van der Waals surface area contributed by atoms with Crippen LogP contribution in [0.15, 0.2) is 84.2 Å². The van der Waals surface area contributed by atoms with E-state index in [0.717, 1.165) is 5.92 Å². The zero-order valence-corrected chi connectivity index (χ0v) is 14.9. The van der Waals surface area contributed by atoms with Gasteiger partial charge in [0.05, 0.1) is 0 Å². The predicted molar refractivity (Wildman–Crippen MR) is 104 cm³/mol. The fourth-order valence-corrected chi connectivity index (χ4v) is 6.17. The van der Waals surface area contributed by atoms with Gasteiger partial charge in [0.1, 0.15) is 0 Å². The highest BCUT2D eigenvalue weighted by atomic mass is 31.1. The molecule has 0 nitrogen and oxygen atoms in total. The lowest BCUT2D eigenvalue weighted by atomic mass is 9.89. The molecule has 0 saturated heterocycles. The second kappa shape index (κ2) is 7.75. The number of allylic oxidation sites excluding steroid dienone is 4. The molecule has 0 radical (unpaired) electrons. The van der Waals surface area contributed by atoms with Gasteiger partial charge in [-0.05, 0) is 29.8 Å². The van der Waals surface area contributed by atoms with Gasteiger partial charge in [-0.2, -0.15) is 0 Å². The summed E-state index contributed by atoms with van der Waals surface area (Å²) in [5.74, 6) is 1.34. The van der Waals surface area contributed by atoms with E-state index in [0.29, 0.717) is 5.92 Å². The van der Waals surface area contributed by atoms with E-state index in [9.17, 15) is 0 Å². The molecule has 1 heteroatoms. The van der Waals surface area contributed by atoms with Crippen LogP contribution in [-0.4, -0.2) is 0 Å². The summed E-state index contributed by atoms with van der Waals surface area (Å²) < 4.78 is 0. The lowest BCUT2D eigenvalue weighted by molar-refractivity contribution is 0.424. The highest BCUT2D eigenvalue weighted by Crippen LogP contribution is 2.51. The molecular formula is C22H25P. The van der Waals surface area contributed by atoms with Gasteiger partial charge in [-0.15, -0.1) is 0 Å². The molecule has 2 aromatic carbocycles. The van der Waals surface area contributed by atoms with Gasteiger partial charge in [0.15, 0.2) is 0 Å². The van der Waals surface area contributed by atoms with Crippen LogP contribution in [0.4, 0.5) is 0 Å². The second-order valence-electron chi connectivity index (χ2n) is 6.09. The van der Waals surface area contributed by atoms with Gasteiger partial charge in [-0.3, -0.25) is 0 Å². The third-order valence-electron chi connectivity index (χ3n) is 4.77. The second-order valence-corrected chi connectivity index (χ2v) is 8.31. The third-order valence-corrected chi connectivity index (χ3v) is 7.36. The lowest BCUT2D eigenvalue weighted by Gasteiger charge is -2.29. The van der Waals surface area contributed by atoms with Crippen LogP contribution in [0.2, 0.25) is 0 Å². The van der Waals surface area contributed by atoms with Crippen molar-refractivity contribution >= 4 is 18.5 Å². The SMILES string of the molecule is CCC(CC)C1C=CC=C1P(c1ccccc1)c1ccccc1. The molecule has 1 unspecified atom stereocenters. The molecule has 0 N–H and O–H groups in total. The first-order chi connectivity index (χ1) is 11.3. The maximum absolute atomic E-state index is 2.42. The van der Waals surface area contributed by atoms with Crippen molar-refractivity contribution in [2.45, 2.75) is 26.7 Å². The first-order valence-electron chi connectivity index (χ1n) is 8.63. The van der Waals surface area contributed by atoms with Crippen LogP contribution in [0.1, 0.15) is 26.7 Å². The molecule has 1 aliphatic carbocycles. The molecule has 0 bridgehead atoms. The van der Waals surface area contributed by atoms with Gasteiger partial charge in [-0.25, -0.2) is 0 Å².